The molecule has 0 amide bonds. The molecule has 13 heavy (non-hydrogen) atoms. The molecule has 5 heteroatoms. The first-order valence-electron chi connectivity index (χ1n) is 4.72. The first kappa shape index (κ1) is 10.3. The molecule has 1 saturated heterocycles. The Kier molecular flexibility index (Phi) is 4.56. The molecule has 0 radical (unpaired) electrons. The zero-order valence-electron chi connectivity index (χ0n) is 8.05. The van der Waals surface area contributed by atoms with E-state index in [0.717, 1.165) is 32.6 Å². The number of hydrazine groups is 1. The SMILES string of the molecule is CCCN=C(NN)NC1CCOC1. The lowest BCUT2D eigenvalue weighted by Crippen LogP contribution is -2.46. The maximum absolute atomic E-state index is 5.31. The second-order valence-corrected chi connectivity index (χ2v) is 3.08. The smallest absolute Gasteiger partial charge is 0.206 e. The van der Waals surface area contributed by atoms with Crippen molar-refractivity contribution in [3.63, 3.8) is 0 Å². The van der Waals surface area contributed by atoms with Gasteiger partial charge in [-0.05, 0) is 12.8 Å². The van der Waals surface area contributed by atoms with Gasteiger partial charge in [0.25, 0.3) is 0 Å². The van der Waals surface area contributed by atoms with Crippen LogP contribution in [0.2, 0.25) is 0 Å². The summed E-state index contributed by atoms with van der Waals surface area (Å²) >= 11 is 0. The van der Waals surface area contributed by atoms with Crippen LogP contribution < -0.4 is 16.6 Å². The molecule has 0 bridgehead atoms. The van der Waals surface area contributed by atoms with Crippen molar-refractivity contribution >= 4 is 5.96 Å². The molecule has 1 unspecified atom stereocenters. The summed E-state index contributed by atoms with van der Waals surface area (Å²) in [4.78, 5) is 4.24. The monoisotopic (exact) mass is 186 g/mol. The predicted octanol–water partition coefficient (Wildman–Crippen LogP) is -0.406. The lowest BCUT2D eigenvalue weighted by molar-refractivity contribution is 0.192. The van der Waals surface area contributed by atoms with E-state index < -0.39 is 0 Å². The van der Waals surface area contributed by atoms with Crippen molar-refractivity contribution in [1.29, 1.82) is 0 Å². The highest BCUT2D eigenvalue weighted by molar-refractivity contribution is 5.79. The van der Waals surface area contributed by atoms with Crippen molar-refractivity contribution in [1.82, 2.24) is 10.7 Å². The molecule has 1 atom stereocenters. The number of nitrogens with one attached hydrogen (secondary N) is 2. The molecule has 1 heterocycles. The highest BCUT2D eigenvalue weighted by Crippen LogP contribution is 2.02. The van der Waals surface area contributed by atoms with Crippen LogP contribution in [-0.4, -0.2) is 31.8 Å². The molecular weight excluding hydrogens is 168 g/mol. The van der Waals surface area contributed by atoms with Crippen molar-refractivity contribution in [3.05, 3.63) is 0 Å². The number of hydrogen-bond acceptors (Lipinski definition) is 3. The van der Waals surface area contributed by atoms with Crippen LogP contribution in [0.1, 0.15) is 19.8 Å². The number of hydrogen-bond donors (Lipinski definition) is 3. The van der Waals surface area contributed by atoms with Crippen LogP contribution in [0.3, 0.4) is 0 Å². The molecule has 4 N–H and O–H groups in total. The first-order valence-corrected chi connectivity index (χ1v) is 4.72. The van der Waals surface area contributed by atoms with Crippen LogP contribution in [0.25, 0.3) is 0 Å². The van der Waals surface area contributed by atoms with Gasteiger partial charge in [-0.15, -0.1) is 0 Å². The summed E-state index contributed by atoms with van der Waals surface area (Å²) in [6.07, 6.45) is 2.04. The van der Waals surface area contributed by atoms with Gasteiger partial charge in [0.15, 0.2) is 0 Å². The number of nitrogens with two attached hydrogens (primary N) is 1. The van der Waals surface area contributed by atoms with E-state index in [1.807, 2.05) is 0 Å². The Balaban J connectivity index is 2.29. The van der Waals surface area contributed by atoms with Crippen molar-refractivity contribution in [2.45, 2.75) is 25.8 Å². The zero-order chi connectivity index (χ0) is 9.52. The van der Waals surface area contributed by atoms with Crippen LogP contribution in [0, 0.1) is 0 Å². The van der Waals surface area contributed by atoms with Crippen molar-refractivity contribution in [3.8, 4) is 0 Å². The van der Waals surface area contributed by atoms with E-state index in [-0.39, 0.29) is 0 Å². The first-order chi connectivity index (χ1) is 6.36. The summed E-state index contributed by atoms with van der Waals surface area (Å²) in [7, 11) is 0. The van der Waals surface area contributed by atoms with E-state index in [2.05, 4.69) is 22.7 Å². The van der Waals surface area contributed by atoms with Gasteiger partial charge in [0.1, 0.15) is 0 Å². The minimum absolute atomic E-state index is 0.353. The Morgan fingerprint density at radius 2 is 2.54 bits per heavy atom. The van der Waals surface area contributed by atoms with Crippen LogP contribution >= 0.6 is 0 Å². The maximum atomic E-state index is 5.31. The number of ether oxygens (including phenoxy) is 1. The average Bonchev–Trinajstić information content (AvgIpc) is 2.64. The summed E-state index contributed by atoms with van der Waals surface area (Å²) in [5, 5.41) is 3.19. The fourth-order valence-electron chi connectivity index (χ4n) is 1.20. The van der Waals surface area contributed by atoms with Gasteiger partial charge in [0.05, 0.1) is 12.6 Å². The number of aliphatic imine (C=N–C) groups is 1. The van der Waals surface area contributed by atoms with Crippen molar-refractivity contribution in [2.75, 3.05) is 19.8 Å². The third-order valence-corrected chi connectivity index (χ3v) is 1.90. The Morgan fingerprint density at radius 3 is 3.08 bits per heavy atom. The molecule has 0 aromatic heterocycles. The summed E-state index contributed by atoms with van der Waals surface area (Å²) < 4.78 is 5.22. The minimum Gasteiger partial charge on any atom is -0.379 e. The second kappa shape index (κ2) is 5.77. The van der Waals surface area contributed by atoms with E-state index in [0.29, 0.717) is 12.0 Å². The van der Waals surface area contributed by atoms with E-state index >= 15 is 0 Å². The van der Waals surface area contributed by atoms with Crippen LogP contribution in [-0.2, 0) is 4.74 Å². The van der Waals surface area contributed by atoms with Gasteiger partial charge in [0, 0.05) is 13.2 Å². The molecule has 76 valence electrons. The second-order valence-electron chi connectivity index (χ2n) is 3.08. The normalized spacial score (nSPS) is 23.2. The summed E-state index contributed by atoms with van der Waals surface area (Å²) in [6, 6.07) is 0.353. The molecule has 1 aliphatic heterocycles. The van der Waals surface area contributed by atoms with Crippen LogP contribution in [0.4, 0.5) is 0 Å². The maximum Gasteiger partial charge on any atom is 0.206 e. The van der Waals surface area contributed by atoms with E-state index in [9.17, 15) is 0 Å². The Morgan fingerprint density at radius 1 is 1.69 bits per heavy atom. The van der Waals surface area contributed by atoms with Gasteiger partial charge in [0.2, 0.25) is 5.96 Å². The Bertz CT molecular complexity index is 166. The lowest BCUT2D eigenvalue weighted by Gasteiger charge is -2.13. The van der Waals surface area contributed by atoms with Crippen LogP contribution in [0.15, 0.2) is 4.99 Å². The average molecular weight is 186 g/mol. The molecule has 1 fully saturated rings. The fourth-order valence-corrected chi connectivity index (χ4v) is 1.20. The molecule has 0 spiro atoms. The highest BCUT2D eigenvalue weighted by Gasteiger charge is 2.15. The molecule has 1 rings (SSSR count). The topological polar surface area (TPSA) is 71.7 Å². The highest BCUT2D eigenvalue weighted by atomic mass is 16.5. The van der Waals surface area contributed by atoms with E-state index in [4.69, 9.17) is 10.6 Å². The van der Waals surface area contributed by atoms with Crippen molar-refractivity contribution in [2.24, 2.45) is 10.8 Å². The van der Waals surface area contributed by atoms with E-state index in [1.165, 1.54) is 0 Å². The number of nitrogens with zero attached hydrogens (tertiary/aromatic N) is 1. The summed E-state index contributed by atoms with van der Waals surface area (Å²) in [5.74, 6) is 5.97. The van der Waals surface area contributed by atoms with Gasteiger partial charge >= 0.3 is 0 Å². The minimum atomic E-state index is 0.353. The zero-order valence-corrected chi connectivity index (χ0v) is 8.05. The van der Waals surface area contributed by atoms with Gasteiger partial charge in [-0.3, -0.25) is 10.4 Å². The largest absolute Gasteiger partial charge is 0.379 e. The lowest BCUT2D eigenvalue weighted by atomic mass is 10.3. The summed E-state index contributed by atoms with van der Waals surface area (Å²) in [6.45, 7) is 4.44. The van der Waals surface area contributed by atoms with Gasteiger partial charge < -0.3 is 10.1 Å². The molecule has 0 saturated carbocycles. The molecule has 0 aromatic carbocycles. The van der Waals surface area contributed by atoms with Gasteiger partial charge in [-0.2, -0.15) is 0 Å². The summed E-state index contributed by atoms with van der Waals surface area (Å²) in [5.41, 5.74) is 2.55. The third kappa shape index (κ3) is 3.61. The predicted molar refractivity (Wildman–Crippen MR) is 52.3 cm³/mol. The van der Waals surface area contributed by atoms with E-state index in [1.54, 1.807) is 0 Å². The Labute approximate surface area is 78.7 Å². The molecule has 5 nitrogen and oxygen atoms in total. The third-order valence-electron chi connectivity index (χ3n) is 1.90. The molecule has 1 aliphatic rings. The molecular formula is C8H18N4O. The number of rotatable bonds is 3. The molecule has 0 aromatic rings. The fraction of sp³-hybridized carbons (Fsp3) is 0.875. The molecule has 0 aliphatic carbocycles. The van der Waals surface area contributed by atoms with Crippen LogP contribution in [0.5, 0.6) is 0 Å². The standard InChI is InChI=1S/C8H18N4O/c1-2-4-10-8(12-9)11-7-3-5-13-6-7/h7H,2-6,9H2,1H3,(H2,10,11,12). The van der Waals surface area contributed by atoms with Gasteiger partial charge in [-0.25, -0.2) is 5.84 Å². The van der Waals surface area contributed by atoms with Gasteiger partial charge in [-0.1, -0.05) is 6.92 Å². The number of guanidine groups is 1. The quantitative estimate of drug-likeness (QED) is 0.242. The van der Waals surface area contributed by atoms with Crippen molar-refractivity contribution < 1.29 is 4.74 Å². The Hall–Kier alpha value is -0.810.